The maximum Gasteiger partial charge on any atom is 0.269 e. The molecule has 0 aliphatic rings. The van der Waals surface area contributed by atoms with E-state index in [4.69, 9.17) is 11.6 Å². The summed E-state index contributed by atoms with van der Waals surface area (Å²) in [5.74, 6) is 0.963. The number of nitro groups is 1. The van der Waals surface area contributed by atoms with Crippen molar-refractivity contribution in [3.05, 3.63) is 57.1 Å². The molecule has 0 saturated heterocycles. The van der Waals surface area contributed by atoms with Gasteiger partial charge in [0.1, 0.15) is 5.82 Å². The topological polar surface area (TPSA) is 61.0 Å². The van der Waals surface area contributed by atoms with Gasteiger partial charge in [-0.15, -0.1) is 0 Å². The van der Waals surface area contributed by atoms with E-state index in [9.17, 15) is 10.1 Å². The van der Waals surface area contributed by atoms with Crippen LogP contribution in [0.15, 0.2) is 30.6 Å². The fraction of sp³-hybridized carbons (Fsp3) is 0.308. The van der Waals surface area contributed by atoms with Gasteiger partial charge in [-0.3, -0.25) is 10.1 Å². The zero-order valence-electron chi connectivity index (χ0n) is 10.5. The Labute approximate surface area is 116 Å². The maximum atomic E-state index is 10.8. The van der Waals surface area contributed by atoms with Crippen molar-refractivity contribution in [1.82, 2.24) is 9.55 Å². The smallest absolute Gasteiger partial charge is 0.269 e. The Bertz CT molecular complexity index is 595. The van der Waals surface area contributed by atoms with Gasteiger partial charge in [-0.2, -0.15) is 0 Å². The number of rotatable bonds is 5. The highest BCUT2D eigenvalue weighted by molar-refractivity contribution is 6.31. The van der Waals surface area contributed by atoms with Gasteiger partial charge in [0.15, 0.2) is 0 Å². The van der Waals surface area contributed by atoms with Gasteiger partial charge < -0.3 is 4.57 Å². The molecular weight excluding hydrogens is 266 g/mol. The lowest BCUT2D eigenvalue weighted by atomic mass is 10.2. The standard InChI is InChI=1S/C13H14ClN3O2/c1-2-3-13-15-6-7-16(13)9-10-8-11(17(18)19)4-5-12(10)14/h4-8H,2-3,9H2,1H3. The van der Waals surface area contributed by atoms with Gasteiger partial charge in [0, 0.05) is 36.0 Å². The van der Waals surface area contributed by atoms with Crippen LogP contribution in [-0.4, -0.2) is 14.5 Å². The first kappa shape index (κ1) is 13.5. The minimum atomic E-state index is -0.416. The number of benzene rings is 1. The molecule has 0 spiro atoms. The van der Waals surface area contributed by atoms with Crippen LogP contribution in [0, 0.1) is 10.1 Å². The van der Waals surface area contributed by atoms with Crippen LogP contribution >= 0.6 is 11.6 Å². The number of nitro benzene ring substituents is 1. The van der Waals surface area contributed by atoms with E-state index >= 15 is 0 Å². The van der Waals surface area contributed by atoms with Crippen LogP contribution in [0.5, 0.6) is 0 Å². The molecule has 6 heteroatoms. The van der Waals surface area contributed by atoms with E-state index in [2.05, 4.69) is 11.9 Å². The van der Waals surface area contributed by atoms with Crippen molar-refractivity contribution in [3.8, 4) is 0 Å². The number of aromatic nitrogens is 2. The summed E-state index contributed by atoms with van der Waals surface area (Å²) in [7, 11) is 0. The van der Waals surface area contributed by atoms with Crippen LogP contribution in [-0.2, 0) is 13.0 Å². The van der Waals surface area contributed by atoms with Crippen LogP contribution < -0.4 is 0 Å². The van der Waals surface area contributed by atoms with Gasteiger partial charge in [0.05, 0.1) is 11.5 Å². The molecule has 0 fully saturated rings. The van der Waals surface area contributed by atoms with E-state index in [1.54, 1.807) is 12.3 Å². The molecule has 0 saturated carbocycles. The largest absolute Gasteiger partial charge is 0.330 e. The third kappa shape index (κ3) is 3.12. The lowest BCUT2D eigenvalue weighted by molar-refractivity contribution is -0.384. The summed E-state index contributed by atoms with van der Waals surface area (Å²) in [5, 5.41) is 11.3. The molecule has 100 valence electrons. The Balaban J connectivity index is 2.29. The molecule has 5 nitrogen and oxygen atoms in total. The summed E-state index contributed by atoms with van der Waals surface area (Å²) in [6, 6.07) is 4.48. The molecule has 0 unspecified atom stereocenters. The predicted octanol–water partition coefficient (Wildman–Crippen LogP) is 3.45. The molecule has 19 heavy (non-hydrogen) atoms. The lowest BCUT2D eigenvalue weighted by Crippen LogP contribution is -2.05. The van der Waals surface area contributed by atoms with Crippen LogP contribution in [0.25, 0.3) is 0 Å². The Morgan fingerprint density at radius 3 is 2.95 bits per heavy atom. The van der Waals surface area contributed by atoms with Gasteiger partial charge in [0.25, 0.3) is 5.69 Å². The summed E-state index contributed by atoms with van der Waals surface area (Å²) in [6.45, 7) is 2.58. The summed E-state index contributed by atoms with van der Waals surface area (Å²) in [6.07, 6.45) is 5.47. The van der Waals surface area contributed by atoms with E-state index in [-0.39, 0.29) is 5.69 Å². The number of non-ortho nitro benzene ring substituents is 1. The molecule has 0 radical (unpaired) electrons. The Kier molecular flexibility index (Phi) is 4.16. The SMILES string of the molecule is CCCc1nccn1Cc1cc([N+](=O)[O-])ccc1Cl. The first-order chi connectivity index (χ1) is 9.11. The quantitative estimate of drug-likeness (QED) is 0.622. The Morgan fingerprint density at radius 1 is 1.47 bits per heavy atom. The number of hydrogen-bond donors (Lipinski definition) is 0. The molecule has 2 rings (SSSR count). The monoisotopic (exact) mass is 279 g/mol. The average Bonchev–Trinajstić information content (AvgIpc) is 2.80. The van der Waals surface area contributed by atoms with Crippen LogP contribution in [0.4, 0.5) is 5.69 Å². The second-order valence-electron chi connectivity index (χ2n) is 4.25. The number of halogens is 1. The van der Waals surface area contributed by atoms with Crippen LogP contribution in [0.3, 0.4) is 0 Å². The first-order valence-corrected chi connectivity index (χ1v) is 6.42. The number of nitrogens with zero attached hydrogens (tertiary/aromatic N) is 3. The predicted molar refractivity (Wildman–Crippen MR) is 73.4 cm³/mol. The molecular formula is C13H14ClN3O2. The van der Waals surface area contributed by atoms with Gasteiger partial charge in [-0.25, -0.2) is 4.98 Å². The third-order valence-electron chi connectivity index (χ3n) is 2.86. The van der Waals surface area contributed by atoms with Crippen molar-refractivity contribution >= 4 is 17.3 Å². The summed E-state index contributed by atoms with van der Waals surface area (Å²) >= 11 is 6.09. The van der Waals surface area contributed by atoms with E-state index in [0.29, 0.717) is 11.6 Å². The highest BCUT2D eigenvalue weighted by Gasteiger charge is 2.11. The van der Waals surface area contributed by atoms with Crippen molar-refractivity contribution in [3.63, 3.8) is 0 Å². The lowest BCUT2D eigenvalue weighted by Gasteiger charge is -2.08. The number of aryl methyl sites for hydroxylation is 1. The minimum absolute atomic E-state index is 0.0524. The molecule has 0 amide bonds. The molecule has 0 atom stereocenters. The van der Waals surface area contributed by atoms with E-state index in [1.807, 2.05) is 10.8 Å². The minimum Gasteiger partial charge on any atom is -0.330 e. The Morgan fingerprint density at radius 2 is 2.26 bits per heavy atom. The Hall–Kier alpha value is -1.88. The van der Waals surface area contributed by atoms with Gasteiger partial charge in [0.2, 0.25) is 0 Å². The molecule has 1 aromatic heterocycles. The van der Waals surface area contributed by atoms with Crippen molar-refractivity contribution in [2.45, 2.75) is 26.3 Å². The third-order valence-corrected chi connectivity index (χ3v) is 3.22. The van der Waals surface area contributed by atoms with E-state index in [1.165, 1.54) is 12.1 Å². The van der Waals surface area contributed by atoms with Gasteiger partial charge >= 0.3 is 0 Å². The van der Waals surface area contributed by atoms with Crippen LogP contribution in [0.2, 0.25) is 5.02 Å². The average molecular weight is 280 g/mol. The number of hydrogen-bond acceptors (Lipinski definition) is 3. The highest BCUT2D eigenvalue weighted by atomic mass is 35.5. The zero-order chi connectivity index (χ0) is 13.8. The summed E-state index contributed by atoms with van der Waals surface area (Å²) < 4.78 is 1.97. The molecule has 0 aliphatic heterocycles. The highest BCUT2D eigenvalue weighted by Crippen LogP contribution is 2.23. The van der Waals surface area contributed by atoms with Crippen LogP contribution in [0.1, 0.15) is 24.7 Å². The van der Waals surface area contributed by atoms with Crippen molar-refractivity contribution in [2.75, 3.05) is 0 Å². The fourth-order valence-corrected chi connectivity index (χ4v) is 2.09. The first-order valence-electron chi connectivity index (χ1n) is 6.04. The fourth-order valence-electron chi connectivity index (χ4n) is 1.92. The molecule has 0 N–H and O–H groups in total. The number of imidazole rings is 1. The van der Waals surface area contributed by atoms with E-state index in [0.717, 1.165) is 24.2 Å². The summed E-state index contributed by atoms with van der Waals surface area (Å²) in [5.41, 5.74) is 0.780. The molecule has 0 aliphatic carbocycles. The van der Waals surface area contributed by atoms with Gasteiger partial charge in [-0.1, -0.05) is 18.5 Å². The zero-order valence-corrected chi connectivity index (χ0v) is 11.3. The second kappa shape index (κ2) is 5.84. The maximum absolute atomic E-state index is 10.8. The van der Waals surface area contributed by atoms with Crippen molar-refractivity contribution < 1.29 is 4.92 Å². The van der Waals surface area contributed by atoms with Crippen molar-refractivity contribution in [1.29, 1.82) is 0 Å². The molecule has 2 aromatic rings. The van der Waals surface area contributed by atoms with Gasteiger partial charge in [-0.05, 0) is 18.1 Å². The van der Waals surface area contributed by atoms with Crippen molar-refractivity contribution in [2.24, 2.45) is 0 Å². The molecule has 1 aromatic carbocycles. The normalized spacial score (nSPS) is 10.6. The van der Waals surface area contributed by atoms with E-state index < -0.39 is 4.92 Å². The molecule has 1 heterocycles. The molecule has 0 bridgehead atoms. The summed E-state index contributed by atoms with van der Waals surface area (Å²) in [4.78, 5) is 14.6. The second-order valence-corrected chi connectivity index (χ2v) is 4.66.